The smallest absolute Gasteiger partial charge is 0.419 e. The van der Waals surface area contributed by atoms with Crippen LogP contribution in [-0.4, -0.2) is 35.0 Å². The number of allylic oxidation sites excluding steroid dienone is 2. The SMILES string of the molecule is CC(C)(C)OC(=O)N(C1=CC(=O)C(N(C(=O)OC(C)(C)C)c2ccccc2)=CC1=O)c1ccccc1. The number of anilines is 2. The lowest BCUT2D eigenvalue weighted by molar-refractivity contribution is -0.115. The number of hydrogen-bond donors (Lipinski definition) is 0. The average molecular weight is 491 g/mol. The average Bonchev–Trinajstić information content (AvgIpc) is 2.76. The van der Waals surface area contributed by atoms with Crippen molar-refractivity contribution in [3.63, 3.8) is 0 Å². The van der Waals surface area contributed by atoms with Gasteiger partial charge in [0.1, 0.15) is 22.6 Å². The highest BCUT2D eigenvalue weighted by molar-refractivity contribution is 6.26. The molecule has 8 nitrogen and oxygen atoms in total. The van der Waals surface area contributed by atoms with Gasteiger partial charge in [0.05, 0.1) is 11.4 Å². The normalized spacial score (nSPS) is 13.9. The maximum absolute atomic E-state index is 13.4. The highest BCUT2D eigenvalue weighted by Crippen LogP contribution is 2.29. The van der Waals surface area contributed by atoms with Gasteiger partial charge in [-0.25, -0.2) is 19.4 Å². The van der Waals surface area contributed by atoms with E-state index < -0.39 is 35.0 Å². The Morgan fingerprint density at radius 1 is 0.583 bits per heavy atom. The molecule has 2 aromatic rings. The first kappa shape index (κ1) is 26.4. The van der Waals surface area contributed by atoms with Crippen LogP contribution in [0.1, 0.15) is 41.5 Å². The molecule has 0 fully saturated rings. The fourth-order valence-corrected chi connectivity index (χ4v) is 3.34. The summed E-state index contributed by atoms with van der Waals surface area (Å²) in [6.07, 6.45) is 0.444. The first-order chi connectivity index (χ1) is 16.8. The molecule has 0 aromatic heterocycles. The summed E-state index contributed by atoms with van der Waals surface area (Å²) < 4.78 is 11.0. The van der Waals surface area contributed by atoms with Crippen molar-refractivity contribution in [1.29, 1.82) is 0 Å². The van der Waals surface area contributed by atoms with Gasteiger partial charge in [-0.2, -0.15) is 0 Å². The minimum absolute atomic E-state index is 0.193. The van der Waals surface area contributed by atoms with E-state index in [1.165, 1.54) is 0 Å². The Morgan fingerprint density at radius 2 is 0.889 bits per heavy atom. The Hall–Kier alpha value is -4.20. The molecule has 0 bridgehead atoms. The standard InChI is InChI=1S/C28H30N2O6/c1-27(2,3)35-25(33)29(19-13-9-7-10-14-19)21-17-24(32)22(18-23(21)31)30(20-15-11-8-12-16-20)26(34)36-28(4,5)6/h7-18H,1-6H3. The van der Waals surface area contributed by atoms with Crippen molar-refractivity contribution in [2.75, 3.05) is 9.80 Å². The third-order valence-corrected chi connectivity index (χ3v) is 4.70. The highest BCUT2D eigenvalue weighted by atomic mass is 16.6. The molecule has 1 aliphatic rings. The van der Waals surface area contributed by atoms with Gasteiger partial charge in [0, 0.05) is 12.2 Å². The first-order valence-electron chi connectivity index (χ1n) is 11.5. The Kier molecular flexibility index (Phi) is 7.48. The summed E-state index contributed by atoms with van der Waals surface area (Å²) in [5.41, 5.74) is -1.36. The van der Waals surface area contributed by atoms with Crippen molar-refractivity contribution in [3.05, 3.63) is 84.2 Å². The molecule has 0 heterocycles. The number of amides is 2. The van der Waals surface area contributed by atoms with Crippen molar-refractivity contribution in [2.45, 2.75) is 52.7 Å². The summed E-state index contributed by atoms with van der Waals surface area (Å²) in [4.78, 5) is 55.0. The number of benzene rings is 2. The third-order valence-electron chi connectivity index (χ3n) is 4.70. The van der Waals surface area contributed by atoms with Gasteiger partial charge in [0.15, 0.2) is 0 Å². The number of carbonyl (C=O) groups is 4. The second kappa shape index (κ2) is 10.2. The fraction of sp³-hybridized carbons (Fsp3) is 0.286. The van der Waals surface area contributed by atoms with Crippen molar-refractivity contribution < 1.29 is 28.7 Å². The molecular formula is C28H30N2O6. The molecule has 0 aliphatic heterocycles. The molecule has 8 heteroatoms. The van der Waals surface area contributed by atoms with Gasteiger partial charge in [-0.05, 0) is 65.8 Å². The van der Waals surface area contributed by atoms with Crippen molar-refractivity contribution >= 4 is 35.1 Å². The van der Waals surface area contributed by atoms with E-state index in [1.54, 1.807) is 102 Å². The van der Waals surface area contributed by atoms with Gasteiger partial charge in [-0.1, -0.05) is 36.4 Å². The van der Waals surface area contributed by atoms with Crippen molar-refractivity contribution in [3.8, 4) is 0 Å². The van der Waals surface area contributed by atoms with E-state index in [4.69, 9.17) is 9.47 Å². The van der Waals surface area contributed by atoms with Crippen LogP contribution in [0.2, 0.25) is 0 Å². The Morgan fingerprint density at radius 3 is 1.17 bits per heavy atom. The molecule has 0 radical (unpaired) electrons. The predicted octanol–water partition coefficient (Wildman–Crippen LogP) is 5.79. The van der Waals surface area contributed by atoms with Crippen LogP contribution in [-0.2, 0) is 19.1 Å². The summed E-state index contributed by atoms with van der Waals surface area (Å²) in [6.45, 7) is 10.2. The van der Waals surface area contributed by atoms with E-state index in [1.807, 2.05) is 0 Å². The molecule has 0 saturated carbocycles. The predicted molar refractivity (Wildman–Crippen MR) is 136 cm³/mol. The second-order valence-electron chi connectivity index (χ2n) is 10.1. The zero-order chi connectivity index (χ0) is 26.7. The number of rotatable bonds is 4. The summed E-state index contributed by atoms with van der Waals surface area (Å²) >= 11 is 0. The first-order valence-corrected chi connectivity index (χ1v) is 11.5. The number of ketones is 2. The zero-order valence-electron chi connectivity index (χ0n) is 21.3. The monoisotopic (exact) mass is 490 g/mol. The van der Waals surface area contributed by atoms with Crippen LogP contribution >= 0.6 is 0 Å². The van der Waals surface area contributed by atoms with Crippen LogP contribution in [0.5, 0.6) is 0 Å². The molecule has 188 valence electrons. The molecule has 2 amide bonds. The Balaban J connectivity index is 2.05. The van der Waals surface area contributed by atoms with Gasteiger partial charge >= 0.3 is 12.2 Å². The van der Waals surface area contributed by atoms with Crippen LogP contribution < -0.4 is 9.80 Å². The van der Waals surface area contributed by atoms with Gasteiger partial charge in [-0.15, -0.1) is 0 Å². The van der Waals surface area contributed by atoms with E-state index in [0.29, 0.717) is 11.4 Å². The van der Waals surface area contributed by atoms with Crippen LogP contribution in [0.4, 0.5) is 21.0 Å². The topological polar surface area (TPSA) is 93.2 Å². The molecule has 36 heavy (non-hydrogen) atoms. The minimum Gasteiger partial charge on any atom is -0.443 e. The number of nitrogens with zero attached hydrogens (tertiary/aromatic N) is 2. The van der Waals surface area contributed by atoms with Crippen LogP contribution in [0.15, 0.2) is 84.2 Å². The summed E-state index contributed by atoms with van der Waals surface area (Å²) in [5, 5.41) is 0. The Bertz CT molecular complexity index is 1120. The summed E-state index contributed by atoms with van der Waals surface area (Å²) in [5.74, 6) is -1.30. The van der Waals surface area contributed by atoms with E-state index in [0.717, 1.165) is 22.0 Å². The lowest BCUT2D eigenvalue weighted by Crippen LogP contribution is -2.42. The van der Waals surface area contributed by atoms with Crippen molar-refractivity contribution in [2.24, 2.45) is 0 Å². The molecule has 0 saturated heterocycles. The summed E-state index contributed by atoms with van der Waals surface area (Å²) in [7, 11) is 0. The molecule has 1 aliphatic carbocycles. The molecule has 2 aromatic carbocycles. The largest absolute Gasteiger partial charge is 0.443 e. The third kappa shape index (κ3) is 6.47. The number of ether oxygens (including phenoxy) is 2. The zero-order valence-corrected chi connectivity index (χ0v) is 21.3. The van der Waals surface area contributed by atoms with Gasteiger partial charge in [0.2, 0.25) is 11.6 Å². The lowest BCUT2D eigenvalue weighted by atomic mass is 10.0. The molecule has 3 rings (SSSR count). The number of hydrogen-bond acceptors (Lipinski definition) is 6. The van der Waals surface area contributed by atoms with E-state index in [-0.39, 0.29) is 11.4 Å². The molecular weight excluding hydrogens is 460 g/mol. The summed E-state index contributed by atoms with van der Waals surface area (Å²) in [6, 6.07) is 16.8. The van der Waals surface area contributed by atoms with Gasteiger partial charge in [-0.3, -0.25) is 9.59 Å². The number of carbonyl (C=O) groups excluding carboxylic acids is 4. The maximum atomic E-state index is 13.4. The van der Waals surface area contributed by atoms with E-state index in [2.05, 4.69) is 0 Å². The van der Waals surface area contributed by atoms with E-state index >= 15 is 0 Å². The highest BCUT2D eigenvalue weighted by Gasteiger charge is 2.36. The number of para-hydroxylation sites is 2. The van der Waals surface area contributed by atoms with Gasteiger partial charge in [0.25, 0.3) is 0 Å². The molecule has 0 unspecified atom stereocenters. The molecule has 0 N–H and O–H groups in total. The van der Waals surface area contributed by atoms with Crippen LogP contribution in [0, 0.1) is 0 Å². The van der Waals surface area contributed by atoms with Crippen LogP contribution in [0.25, 0.3) is 0 Å². The molecule has 0 atom stereocenters. The molecule has 0 spiro atoms. The van der Waals surface area contributed by atoms with Crippen LogP contribution in [0.3, 0.4) is 0 Å². The lowest BCUT2D eigenvalue weighted by Gasteiger charge is -2.31. The quantitative estimate of drug-likeness (QED) is 0.504. The maximum Gasteiger partial charge on any atom is 0.419 e. The fourth-order valence-electron chi connectivity index (χ4n) is 3.34. The van der Waals surface area contributed by atoms with Gasteiger partial charge < -0.3 is 9.47 Å². The second-order valence-corrected chi connectivity index (χ2v) is 10.1. The minimum atomic E-state index is -0.839. The van der Waals surface area contributed by atoms with E-state index in [9.17, 15) is 19.2 Å². The van der Waals surface area contributed by atoms with Crippen molar-refractivity contribution in [1.82, 2.24) is 0 Å². The Labute approximate surface area is 210 Å².